The summed E-state index contributed by atoms with van der Waals surface area (Å²) in [6, 6.07) is 9.02. The van der Waals surface area contributed by atoms with Gasteiger partial charge < -0.3 is 4.74 Å². The number of thioether (sulfide) groups is 1. The van der Waals surface area contributed by atoms with Gasteiger partial charge in [0, 0.05) is 0 Å². The Morgan fingerprint density at radius 2 is 2.00 bits per heavy atom. The number of rotatable bonds is 2. The van der Waals surface area contributed by atoms with E-state index in [-0.39, 0.29) is 11.2 Å². The molecule has 114 valence electrons. The molecular formula is C16H16N2O3S. The van der Waals surface area contributed by atoms with E-state index in [4.69, 9.17) is 4.74 Å². The van der Waals surface area contributed by atoms with Gasteiger partial charge in [0.2, 0.25) is 5.91 Å². The average Bonchev–Trinajstić information content (AvgIpc) is 2.80. The lowest BCUT2D eigenvalue weighted by atomic mass is 9.94. The van der Waals surface area contributed by atoms with Gasteiger partial charge in [0.05, 0.1) is 29.7 Å². The van der Waals surface area contributed by atoms with Crippen LogP contribution in [0.3, 0.4) is 0 Å². The summed E-state index contributed by atoms with van der Waals surface area (Å²) in [5.41, 5.74) is 1.89. The van der Waals surface area contributed by atoms with E-state index in [0.717, 1.165) is 5.56 Å². The highest BCUT2D eigenvalue weighted by Crippen LogP contribution is 2.42. The number of benzene rings is 1. The topological polar surface area (TPSA) is 59.0 Å². The van der Waals surface area contributed by atoms with Crippen molar-refractivity contribution in [2.45, 2.75) is 25.1 Å². The second kappa shape index (κ2) is 5.61. The predicted molar refractivity (Wildman–Crippen MR) is 85.2 cm³/mol. The Labute approximate surface area is 133 Å². The minimum Gasteiger partial charge on any atom is -0.466 e. The maximum atomic E-state index is 12.5. The number of carbonyl (C=O) groups excluding carboxylic acids is 2. The molecule has 3 rings (SSSR count). The van der Waals surface area contributed by atoms with Crippen LogP contribution in [-0.4, -0.2) is 34.3 Å². The van der Waals surface area contributed by atoms with Gasteiger partial charge in [-0.05, 0) is 19.4 Å². The molecule has 2 atom stereocenters. The van der Waals surface area contributed by atoms with Gasteiger partial charge in [-0.3, -0.25) is 9.69 Å². The van der Waals surface area contributed by atoms with Crippen LogP contribution in [0.4, 0.5) is 0 Å². The number of allylic oxidation sites excluding steroid dienone is 1. The molecule has 1 fully saturated rings. The van der Waals surface area contributed by atoms with Crippen LogP contribution in [0.25, 0.3) is 0 Å². The molecule has 0 saturated carbocycles. The number of esters is 1. The Morgan fingerprint density at radius 1 is 1.32 bits per heavy atom. The summed E-state index contributed by atoms with van der Waals surface area (Å²) in [7, 11) is 1.34. The normalized spacial score (nSPS) is 24.2. The largest absolute Gasteiger partial charge is 0.466 e. The van der Waals surface area contributed by atoms with E-state index < -0.39 is 12.0 Å². The minimum atomic E-state index is -0.480. The van der Waals surface area contributed by atoms with Crippen LogP contribution >= 0.6 is 11.8 Å². The first-order valence-electron chi connectivity index (χ1n) is 6.97. The molecule has 0 spiro atoms. The fraction of sp³-hybridized carbons (Fsp3) is 0.312. The Bertz CT molecular complexity index is 697. The van der Waals surface area contributed by atoms with E-state index in [0.29, 0.717) is 16.4 Å². The average molecular weight is 316 g/mol. The number of ether oxygens (including phenoxy) is 1. The van der Waals surface area contributed by atoms with Crippen molar-refractivity contribution in [3.63, 3.8) is 0 Å². The number of nitrogens with zero attached hydrogens (tertiary/aromatic N) is 2. The molecule has 5 nitrogen and oxygen atoms in total. The van der Waals surface area contributed by atoms with Crippen LogP contribution in [0.1, 0.15) is 25.5 Å². The zero-order valence-corrected chi connectivity index (χ0v) is 13.4. The van der Waals surface area contributed by atoms with Gasteiger partial charge in [0.25, 0.3) is 0 Å². The zero-order chi connectivity index (χ0) is 15.9. The fourth-order valence-corrected chi connectivity index (χ4v) is 3.75. The highest BCUT2D eigenvalue weighted by atomic mass is 32.2. The number of amides is 1. The Hall–Kier alpha value is -2.08. The third-order valence-electron chi connectivity index (χ3n) is 3.78. The second-order valence-corrected chi connectivity index (χ2v) is 6.47. The van der Waals surface area contributed by atoms with E-state index >= 15 is 0 Å². The molecule has 0 unspecified atom stereocenters. The second-order valence-electron chi connectivity index (χ2n) is 5.17. The molecule has 2 heterocycles. The summed E-state index contributed by atoms with van der Waals surface area (Å²) in [5, 5.41) is 0.450. The van der Waals surface area contributed by atoms with E-state index in [9.17, 15) is 9.59 Å². The Morgan fingerprint density at radius 3 is 2.64 bits per heavy atom. The third kappa shape index (κ3) is 2.23. The summed E-state index contributed by atoms with van der Waals surface area (Å²) in [6.45, 7) is 3.63. The van der Waals surface area contributed by atoms with Crippen LogP contribution in [-0.2, 0) is 14.3 Å². The maximum absolute atomic E-state index is 12.5. The first kappa shape index (κ1) is 14.8. The lowest BCUT2D eigenvalue weighted by Crippen LogP contribution is -2.40. The van der Waals surface area contributed by atoms with Gasteiger partial charge in [-0.15, -0.1) is 0 Å². The molecule has 1 aromatic rings. The fourth-order valence-electron chi connectivity index (χ4n) is 2.72. The number of amidine groups is 1. The first-order valence-corrected chi connectivity index (χ1v) is 7.85. The van der Waals surface area contributed by atoms with Crippen molar-refractivity contribution in [3.05, 3.63) is 47.2 Å². The molecule has 1 saturated heterocycles. The molecule has 0 bridgehead atoms. The van der Waals surface area contributed by atoms with Crippen LogP contribution in [0, 0.1) is 0 Å². The number of fused-ring (bicyclic) bond motifs is 1. The van der Waals surface area contributed by atoms with Gasteiger partial charge >= 0.3 is 5.97 Å². The van der Waals surface area contributed by atoms with E-state index in [2.05, 4.69) is 4.99 Å². The van der Waals surface area contributed by atoms with Crippen LogP contribution < -0.4 is 0 Å². The number of hydrogen-bond donors (Lipinski definition) is 0. The van der Waals surface area contributed by atoms with Gasteiger partial charge in [0.1, 0.15) is 0 Å². The third-order valence-corrected chi connectivity index (χ3v) is 4.83. The molecule has 0 radical (unpaired) electrons. The van der Waals surface area contributed by atoms with Crippen LogP contribution in [0.15, 0.2) is 46.6 Å². The number of hydrogen-bond acceptors (Lipinski definition) is 5. The van der Waals surface area contributed by atoms with Gasteiger partial charge in [-0.2, -0.15) is 0 Å². The van der Waals surface area contributed by atoms with E-state index in [1.807, 2.05) is 37.3 Å². The molecule has 2 aliphatic heterocycles. The van der Waals surface area contributed by atoms with Gasteiger partial charge in [-0.25, -0.2) is 9.79 Å². The van der Waals surface area contributed by atoms with Crippen LogP contribution in [0.2, 0.25) is 0 Å². The maximum Gasteiger partial charge on any atom is 0.338 e. The zero-order valence-electron chi connectivity index (χ0n) is 12.6. The lowest BCUT2D eigenvalue weighted by molar-refractivity contribution is -0.137. The molecule has 0 N–H and O–H groups in total. The smallest absolute Gasteiger partial charge is 0.338 e. The molecule has 1 aromatic carbocycles. The van der Waals surface area contributed by atoms with Crippen molar-refractivity contribution in [2.75, 3.05) is 7.11 Å². The standard InChI is InChI=1S/C16H16N2O3S/c1-9-12(15(20)21-3)13(11-7-5-4-6-8-11)18-14(19)10(2)22-16(18)17-9/h4-8,10,13H,1-3H3/t10-,13-/m1/s1. The summed E-state index contributed by atoms with van der Waals surface area (Å²) < 4.78 is 4.91. The van der Waals surface area contributed by atoms with Crippen molar-refractivity contribution in [1.82, 2.24) is 4.90 Å². The highest BCUT2D eigenvalue weighted by Gasteiger charge is 2.46. The summed E-state index contributed by atoms with van der Waals surface area (Å²) >= 11 is 1.42. The van der Waals surface area contributed by atoms with Crippen molar-refractivity contribution < 1.29 is 14.3 Å². The van der Waals surface area contributed by atoms with Crippen molar-refractivity contribution >= 4 is 28.8 Å². The van der Waals surface area contributed by atoms with Gasteiger partial charge in [0.15, 0.2) is 5.17 Å². The van der Waals surface area contributed by atoms with Crippen molar-refractivity contribution in [3.8, 4) is 0 Å². The Balaban J connectivity index is 2.18. The molecule has 6 heteroatoms. The molecule has 0 aliphatic carbocycles. The first-order chi connectivity index (χ1) is 10.5. The molecule has 1 amide bonds. The van der Waals surface area contributed by atoms with Crippen molar-refractivity contribution in [2.24, 2.45) is 4.99 Å². The van der Waals surface area contributed by atoms with E-state index in [1.165, 1.54) is 18.9 Å². The Kier molecular flexibility index (Phi) is 3.78. The molecular weight excluding hydrogens is 300 g/mol. The molecule has 0 aromatic heterocycles. The molecule has 2 aliphatic rings. The quantitative estimate of drug-likeness (QED) is 0.787. The van der Waals surface area contributed by atoms with Crippen molar-refractivity contribution in [1.29, 1.82) is 0 Å². The highest BCUT2D eigenvalue weighted by molar-refractivity contribution is 8.15. The predicted octanol–water partition coefficient (Wildman–Crippen LogP) is 2.51. The SMILES string of the molecule is COC(=O)C1=C(C)N=C2S[C@H](C)C(=O)N2[C@@H]1c1ccccc1. The van der Waals surface area contributed by atoms with Gasteiger partial charge in [-0.1, -0.05) is 42.1 Å². The monoisotopic (exact) mass is 316 g/mol. The summed E-state index contributed by atoms with van der Waals surface area (Å²) in [4.78, 5) is 30.8. The van der Waals surface area contributed by atoms with Crippen LogP contribution in [0.5, 0.6) is 0 Å². The van der Waals surface area contributed by atoms with E-state index in [1.54, 1.807) is 11.8 Å². The summed E-state index contributed by atoms with van der Waals surface area (Å²) in [6.07, 6.45) is 0. The number of aliphatic imine (C=N–C) groups is 1. The lowest BCUT2D eigenvalue weighted by Gasteiger charge is -2.32. The number of carbonyl (C=O) groups is 2. The molecule has 22 heavy (non-hydrogen) atoms. The minimum absolute atomic E-state index is 0.0356. The number of methoxy groups -OCH3 is 1. The summed E-state index contributed by atoms with van der Waals surface area (Å²) in [5.74, 6) is -0.488.